The molecule has 7 nitrogen and oxygen atoms in total. The summed E-state index contributed by atoms with van der Waals surface area (Å²) in [7, 11) is 0. The van der Waals surface area contributed by atoms with Crippen molar-refractivity contribution < 1.29 is 4.79 Å². The third-order valence-corrected chi connectivity index (χ3v) is 4.89. The van der Waals surface area contributed by atoms with Crippen LogP contribution in [0.1, 0.15) is 24.5 Å². The predicted octanol–water partition coefficient (Wildman–Crippen LogP) is 1.74. The molecule has 0 bridgehead atoms. The van der Waals surface area contributed by atoms with E-state index >= 15 is 0 Å². The van der Waals surface area contributed by atoms with Crippen molar-refractivity contribution in [3.8, 4) is 0 Å². The van der Waals surface area contributed by atoms with Gasteiger partial charge in [0.25, 0.3) is 5.56 Å². The van der Waals surface area contributed by atoms with Crippen molar-refractivity contribution in [2.24, 2.45) is 5.92 Å². The number of urea groups is 1. The zero-order valence-electron chi connectivity index (χ0n) is 12.5. The van der Waals surface area contributed by atoms with Crippen LogP contribution in [-0.4, -0.2) is 38.8 Å². The summed E-state index contributed by atoms with van der Waals surface area (Å²) >= 11 is 1.39. The fourth-order valence-corrected chi connectivity index (χ4v) is 3.26. The van der Waals surface area contributed by atoms with Crippen molar-refractivity contribution in [1.82, 2.24) is 19.7 Å². The Morgan fingerprint density at radius 2 is 2.17 bits per heavy atom. The summed E-state index contributed by atoms with van der Waals surface area (Å²) in [5.41, 5.74) is 0.947. The Bertz CT molecular complexity index is 762. The highest BCUT2D eigenvalue weighted by Crippen LogP contribution is 2.38. The Hall–Kier alpha value is -2.22. The van der Waals surface area contributed by atoms with Gasteiger partial charge in [0.2, 0.25) is 0 Å². The van der Waals surface area contributed by atoms with Crippen LogP contribution in [0.3, 0.4) is 0 Å². The second kappa shape index (κ2) is 5.77. The second-order valence-electron chi connectivity index (χ2n) is 6.09. The third kappa shape index (κ3) is 3.12. The first-order valence-corrected chi connectivity index (χ1v) is 8.60. The van der Waals surface area contributed by atoms with Gasteiger partial charge in [-0.2, -0.15) is 5.10 Å². The van der Waals surface area contributed by atoms with E-state index in [1.807, 2.05) is 11.4 Å². The average Bonchev–Trinajstić information content (AvgIpc) is 3.22. The lowest BCUT2D eigenvalue weighted by molar-refractivity contribution is 0.116. The van der Waals surface area contributed by atoms with E-state index < -0.39 is 0 Å². The highest BCUT2D eigenvalue weighted by Gasteiger charge is 2.32. The van der Waals surface area contributed by atoms with Gasteiger partial charge in [0, 0.05) is 42.6 Å². The Morgan fingerprint density at radius 3 is 2.87 bits per heavy atom. The normalized spacial score (nSPS) is 17.8. The Morgan fingerprint density at radius 1 is 1.35 bits per heavy atom. The van der Waals surface area contributed by atoms with E-state index in [0.29, 0.717) is 30.7 Å². The molecule has 0 unspecified atom stereocenters. The fourth-order valence-electron chi connectivity index (χ4n) is 2.74. The number of hydrogen-bond acceptors (Lipinski definition) is 5. The number of thiazole rings is 1. The first kappa shape index (κ1) is 14.4. The lowest BCUT2D eigenvalue weighted by Crippen LogP contribution is -2.53. The van der Waals surface area contributed by atoms with Crippen molar-refractivity contribution in [1.29, 1.82) is 0 Å². The van der Waals surface area contributed by atoms with Gasteiger partial charge in [-0.3, -0.25) is 10.1 Å². The van der Waals surface area contributed by atoms with Crippen LogP contribution in [-0.2, 0) is 6.54 Å². The molecule has 0 atom stereocenters. The molecule has 0 spiro atoms. The third-order valence-electron chi connectivity index (χ3n) is 4.20. The number of aromatic nitrogens is 3. The molecule has 1 saturated heterocycles. The summed E-state index contributed by atoms with van der Waals surface area (Å²) in [6, 6.07) is 3.31. The molecule has 23 heavy (non-hydrogen) atoms. The molecule has 0 aromatic carbocycles. The number of hydrogen-bond donors (Lipinski definition) is 1. The number of amides is 2. The fraction of sp³-hybridized carbons (Fsp3) is 0.467. The van der Waals surface area contributed by atoms with Gasteiger partial charge in [-0.05, 0) is 18.9 Å². The maximum Gasteiger partial charge on any atom is 0.323 e. The van der Waals surface area contributed by atoms with Crippen molar-refractivity contribution in [2.75, 3.05) is 18.4 Å². The highest BCUT2D eigenvalue weighted by molar-refractivity contribution is 7.13. The molecule has 2 aromatic heterocycles. The molecule has 1 aliphatic heterocycles. The highest BCUT2D eigenvalue weighted by atomic mass is 32.1. The van der Waals surface area contributed by atoms with Gasteiger partial charge < -0.3 is 4.90 Å². The Balaban J connectivity index is 1.33. The zero-order valence-corrected chi connectivity index (χ0v) is 13.3. The first-order chi connectivity index (χ1) is 11.2. The maximum absolute atomic E-state index is 12.0. The summed E-state index contributed by atoms with van der Waals surface area (Å²) < 4.78 is 1.55. The molecule has 3 heterocycles. The first-order valence-electron chi connectivity index (χ1n) is 7.72. The molecule has 4 rings (SSSR count). The van der Waals surface area contributed by atoms with Crippen molar-refractivity contribution in [2.45, 2.75) is 25.3 Å². The van der Waals surface area contributed by atoms with E-state index in [-0.39, 0.29) is 17.5 Å². The molecule has 0 radical (unpaired) electrons. The summed E-state index contributed by atoms with van der Waals surface area (Å²) in [5, 5.41) is 9.65. The molecule has 1 saturated carbocycles. The molecular formula is C15H17N5O2S. The van der Waals surface area contributed by atoms with Crippen LogP contribution < -0.4 is 10.9 Å². The minimum Gasteiger partial charge on any atom is -0.324 e. The summed E-state index contributed by atoms with van der Waals surface area (Å²) in [5.74, 6) is 0.806. The quantitative estimate of drug-likeness (QED) is 0.925. The topological polar surface area (TPSA) is 80.1 Å². The number of nitrogens with one attached hydrogen (secondary N) is 1. The molecule has 1 N–H and O–H groups in total. The van der Waals surface area contributed by atoms with Crippen molar-refractivity contribution in [3.63, 3.8) is 0 Å². The van der Waals surface area contributed by atoms with Crippen LogP contribution in [0.4, 0.5) is 9.93 Å². The maximum atomic E-state index is 12.0. The molecule has 120 valence electrons. The van der Waals surface area contributed by atoms with E-state index in [0.717, 1.165) is 5.69 Å². The Kier molecular flexibility index (Phi) is 3.60. The smallest absolute Gasteiger partial charge is 0.323 e. The van der Waals surface area contributed by atoms with Gasteiger partial charge in [0.05, 0.1) is 12.2 Å². The number of carbonyl (C=O) groups is 1. The lowest BCUT2D eigenvalue weighted by Gasteiger charge is -2.38. The average molecular weight is 331 g/mol. The minimum absolute atomic E-state index is 0.0694. The minimum atomic E-state index is -0.136. The van der Waals surface area contributed by atoms with Gasteiger partial charge in [-0.1, -0.05) is 0 Å². The van der Waals surface area contributed by atoms with Crippen molar-refractivity contribution in [3.05, 3.63) is 39.8 Å². The molecule has 8 heteroatoms. The van der Waals surface area contributed by atoms with Crippen LogP contribution >= 0.6 is 11.3 Å². The molecule has 2 amide bonds. The largest absolute Gasteiger partial charge is 0.324 e. The van der Waals surface area contributed by atoms with Gasteiger partial charge in [0.15, 0.2) is 5.13 Å². The van der Waals surface area contributed by atoms with Crippen LogP contribution in [0.5, 0.6) is 0 Å². The lowest BCUT2D eigenvalue weighted by atomic mass is 10.0. The molecule has 2 aliphatic rings. The number of carbonyl (C=O) groups excluding carboxylic acids is 1. The number of nitrogens with zero attached hydrogens (tertiary/aromatic N) is 4. The summed E-state index contributed by atoms with van der Waals surface area (Å²) in [6.45, 7) is 1.85. The van der Waals surface area contributed by atoms with Gasteiger partial charge in [-0.25, -0.2) is 14.5 Å². The van der Waals surface area contributed by atoms with E-state index in [1.54, 1.807) is 21.8 Å². The summed E-state index contributed by atoms with van der Waals surface area (Å²) in [6.07, 6.45) is 3.99. The van der Waals surface area contributed by atoms with Gasteiger partial charge in [-0.15, -0.1) is 11.3 Å². The number of rotatable bonds is 4. The van der Waals surface area contributed by atoms with Gasteiger partial charge >= 0.3 is 6.03 Å². The number of anilines is 1. The zero-order chi connectivity index (χ0) is 15.8. The predicted molar refractivity (Wildman–Crippen MR) is 86.7 cm³/mol. The second-order valence-corrected chi connectivity index (χ2v) is 6.99. The van der Waals surface area contributed by atoms with Crippen LogP contribution in [0.15, 0.2) is 28.5 Å². The molecule has 1 aliphatic carbocycles. The van der Waals surface area contributed by atoms with Crippen LogP contribution in [0.2, 0.25) is 0 Å². The van der Waals surface area contributed by atoms with E-state index in [4.69, 9.17) is 0 Å². The Labute approximate surface area is 137 Å². The molecule has 2 fully saturated rings. The van der Waals surface area contributed by atoms with E-state index in [1.165, 1.54) is 24.2 Å². The van der Waals surface area contributed by atoms with E-state index in [2.05, 4.69) is 15.4 Å². The number of likely N-dealkylation sites (tertiary alicyclic amines) is 1. The van der Waals surface area contributed by atoms with Crippen LogP contribution in [0.25, 0.3) is 0 Å². The standard InChI is InChI=1S/C15H17N5O2S/c21-13-4-3-12(11-1-2-11)18-20(13)9-10-7-19(8-10)15(22)17-14-16-5-6-23-14/h3-6,10-11H,1-2,7-9H2,(H,16,17,22). The SMILES string of the molecule is O=C(Nc1nccs1)N1CC(Cn2nc(C3CC3)ccc2=O)C1. The molecular weight excluding hydrogens is 314 g/mol. The van der Waals surface area contributed by atoms with Crippen LogP contribution in [0, 0.1) is 5.92 Å². The summed E-state index contributed by atoms with van der Waals surface area (Å²) in [4.78, 5) is 29.7. The van der Waals surface area contributed by atoms with E-state index in [9.17, 15) is 9.59 Å². The monoisotopic (exact) mass is 331 g/mol. The van der Waals surface area contributed by atoms with Crippen molar-refractivity contribution >= 4 is 22.5 Å². The molecule has 2 aromatic rings. The van der Waals surface area contributed by atoms with Gasteiger partial charge in [0.1, 0.15) is 0 Å².